The molecule has 1 N–H and O–H groups in total. The van der Waals surface area contributed by atoms with Crippen LogP contribution in [-0.4, -0.2) is 9.97 Å². The number of nitrogens with one attached hydrogen (secondary N) is 1. The maximum atomic E-state index is 5.78. The normalized spacial score (nSPS) is 13.3. The Morgan fingerprint density at radius 3 is 2.63 bits per heavy atom. The largest absolute Gasteiger partial charge is 0.366 e. The van der Waals surface area contributed by atoms with E-state index in [1.165, 1.54) is 23.2 Å². The smallest absolute Gasteiger partial charge is 0.133 e. The maximum absolute atomic E-state index is 5.78. The molecule has 1 aliphatic rings. The highest BCUT2D eigenvalue weighted by Gasteiger charge is 2.16. The summed E-state index contributed by atoms with van der Waals surface area (Å²) in [4.78, 5) is 8.69. The minimum Gasteiger partial charge on any atom is -0.366 e. The quantitative estimate of drug-likeness (QED) is 0.869. The second kappa shape index (κ2) is 5.57. The zero-order valence-electron chi connectivity index (χ0n) is 10.7. The average Bonchev–Trinajstić information content (AvgIpc) is 2.94. The Balaban J connectivity index is 1.70. The number of anilines is 1. The molecule has 0 aliphatic heterocycles. The number of halogens is 1. The molecule has 0 fully saturated rings. The molecule has 0 saturated carbocycles. The van der Waals surface area contributed by atoms with Crippen molar-refractivity contribution in [2.75, 3.05) is 5.32 Å². The van der Waals surface area contributed by atoms with Gasteiger partial charge in [-0.25, -0.2) is 9.97 Å². The van der Waals surface area contributed by atoms with E-state index >= 15 is 0 Å². The van der Waals surface area contributed by atoms with E-state index in [-0.39, 0.29) is 0 Å². The zero-order chi connectivity index (χ0) is 13.1. The first-order chi connectivity index (χ1) is 9.36. The molecule has 3 nitrogen and oxygen atoms in total. The van der Waals surface area contributed by atoms with E-state index in [2.05, 4.69) is 39.6 Å². The third-order valence-corrected chi connectivity index (χ3v) is 3.82. The minimum absolute atomic E-state index is 0.563. The summed E-state index contributed by atoms with van der Waals surface area (Å²) >= 11 is 5.78. The number of hydrogen-bond donors (Lipinski definition) is 1. The van der Waals surface area contributed by atoms with E-state index < -0.39 is 0 Å². The van der Waals surface area contributed by atoms with E-state index in [9.17, 15) is 0 Å². The molecule has 0 amide bonds. The van der Waals surface area contributed by atoms with Gasteiger partial charge in [0.05, 0.1) is 0 Å². The average molecular weight is 274 g/mol. The molecule has 0 spiro atoms. The fraction of sp³-hybridized carbons (Fsp3) is 0.333. The van der Waals surface area contributed by atoms with Gasteiger partial charge in [0, 0.05) is 23.7 Å². The van der Waals surface area contributed by atoms with Gasteiger partial charge in [-0.3, -0.25) is 0 Å². The number of fused-ring (bicyclic) bond motifs is 1. The molecular formula is C15H16ClN3. The van der Waals surface area contributed by atoms with Crippen molar-refractivity contribution in [1.29, 1.82) is 0 Å². The van der Waals surface area contributed by atoms with Crippen LogP contribution >= 0.6 is 11.6 Å². The fourth-order valence-electron chi connectivity index (χ4n) is 2.44. The van der Waals surface area contributed by atoms with E-state index in [4.69, 9.17) is 11.6 Å². The molecule has 0 unspecified atom stereocenters. The first-order valence-corrected chi connectivity index (χ1v) is 7.10. The lowest BCUT2D eigenvalue weighted by Crippen LogP contribution is -2.05. The predicted molar refractivity (Wildman–Crippen MR) is 77.4 cm³/mol. The summed E-state index contributed by atoms with van der Waals surface area (Å²) in [5.74, 6) is 1.55. The van der Waals surface area contributed by atoms with Crippen LogP contribution in [0.25, 0.3) is 0 Å². The van der Waals surface area contributed by atoms with Crippen molar-refractivity contribution in [1.82, 2.24) is 9.97 Å². The Morgan fingerprint density at radius 2 is 1.84 bits per heavy atom. The van der Waals surface area contributed by atoms with E-state index in [1.807, 2.05) is 0 Å². The van der Waals surface area contributed by atoms with Crippen LogP contribution < -0.4 is 5.32 Å². The Bertz CT molecular complexity index is 566. The highest BCUT2D eigenvalue weighted by molar-refractivity contribution is 6.17. The number of hydrogen-bond acceptors (Lipinski definition) is 3. The van der Waals surface area contributed by atoms with Crippen molar-refractivity contribution >= 4 is 17.4 Å². The van der Waals surface area contributed by atoms with Crippen LogP contribution in [-0.2, 0) is 25.3 Å². The summed E-state index contributed by atoms with van der Waals surface area (Å²) in [5, 5.41) is 3.41. The Kier molecular flexibility index (Phi) is 3.65. The number of benzene rings is 1. The number of rotatable bonds is 4. The molecule has 0 radical (unpaired) electrons. The summed E-state index contributed by atoms with van der Waals surface area (Å²) in [6.45, 7) is 0.784. The van der Waals surface area contributed by atoms with Gasteiger partial charge < -0.3 is 5.32 Å². The van der Waals surface area contributed by atoms with Crippen LogP contribution in [0.15, 0.2) is 30.6 Å². The molecule has 1 aromatic carbocycles. The second-order valence-electron chi connectivity index (χ2n) is 4.80. The number of aryl methyl sites for hydroxylation is 1. The Labute approximate surface area is 118 Å². The highest BCUT2D eigenvalue weighted by atomic mass is 35.5. The molecule has 1 aliphatic carbocycles. The molecule has 0 atom stereocenters. The molecule has 3 rings (SSSR count). The van der Waals surface area contributed by atoms with Gasteiger partial charge in [0.15, 0.2) is 0 Å². The van der Waals surface area contributed by atoms with Gasteiger partial charge in [-0.05, 0) is 30.4 Å². The molecule has 4 heteroatoms. The third-order valence-electron chi connectivity index (χ3n) is 3.51. The summed E-state index contributed by atoms with van der Waals surface area (Å²) in [5.41, 5.74) is 4.88. The van der Waals surface area contributed by atoms with Gasteiger partial charge in [0.2, 0.25) is 0 Å². The van der Waals surface area contributed by atoms with E-state index in [0.717, 1.165) is 30.8 Å². The van der Waals surface area contributed by atoms with Crippen molar-refractivity contribution in [3.8, 4) is 0 Å². The van der Waals surface area contributed by atoms with Crippen molar-refractivity contribution < 1.29 is 0 Å². The molecule has 19 heavy (non-hydrogen) atoms. The molecule has 1 aromatic heterocycles. The van der Waals surface area contributed by atoms with Gasteiger partial charge in [0.25, 0.3) is 0 Å². The van der Waals surface area contributed by atoms with E-state index in [1.54, 1.807) is 6.33 Å². The maximum Gasteiger partial charge on any atom is 0.133 e. The second-order valence-corrected chi connectivity index (χ2v) is 5.07. The highest BCUT2D eigenvalue weighted by Crippen LogP contribution is 2.25. The topological polar surface area (TPSA) is 37.8 Å². The summed E-state index contributed by atoms with van der Waals surface area (Å²) in [6.07, 6.45) is 5.01. The molecule has 0 bridgehead atoms. The standard InChI is InChI=1S/C15H16ClN3/c16-8-11-4-6-12(7-5-11)9-17-15-13-2-1-3-14(13)18-10-19-15/h4-7,10H,1-3,8-9H2,(H,17,18,19). The first kappa shape index (κ1) is 12.4. The van der Waals surface area contributed by atoms with Gasteiger partial charge in [-0.1, -0.05) is 24.3 Å². The minimum atomic E-state index is 0.563. The van der Waals surface area contributed by atoms with Crippen LogP contribution in [0.1, 0.15) is 28.8 Å². The molecule has 98 valence electrons. The van der Waals surface area contributed by atoms with E-state index in [0.29, 0.717) is 5.88 Å². The van der Waals surface area contributed by atoms with Crippen molar-refractivity contribution in [3.63, 3.8) is 0 Å². The van der Waals surface area contributed by atoms with Gasteiger partial charge in [-0.15, -0.1) is 11.6 Å². The van der Waals surface area contributed by atoms with Crippen molar-refractivity contribution in [3.05, 3.63) is 53.0 Å². The van der Waals surface area contributed by atoms with Crippen LogP contribution in [0, 0.1) is 0 Å². The van der Waals surface area contributed by atoms with Crippen LogP contribution in [0.3, 0.4) is 0 Å². The van der Waals surface area contributed by atoms with Crippen LogP contribution in [0.5, 0.6) is 0 Å². The summed E-state index contributed by atoms with van der Waals surface area (Å²) in [7, 11) is 0. The predicted octanol–water partition coefficient (Wildman–Crippen LogP) is 3.32. The fourth-order valence-corrected chi connectivity index (χ4v) is 2.62. The van der Waals surface area contributed by atoms with Crippen molar-refractivity contribution in [2.45, 2.75) is 31.7 Å². The third kappa shape index (κ3) is 2.71. The SMILES string of the molecule is ClCc1ccc(CNc2ncnc3c2CCC3)cc1. The van der Waals surface area contributed by atoms with Crippen molar-refractivity contribution in [2.24, 2.45) is 0 Å². The number of alkyl halides is 1. The zero-order valence-corrected chi connectivity index (χ0v) is 11.5. The number of aromatic nitrogens is 2. The van der Waals surface area contributed by atoms with Gasteiger partial charge in [0.1, 0.15) is 12.1 Å². The molecular weight excluding hydrogens is 258 g/mol. The Hall–Kier alpha value is -1.61. The first-order valence-electron chi connectivity index (χ1n) is 6.57. The molecule has 2 aromatic rings. The summed E-state index contributed by atoms with van der Waals surface area (Å²) in [6, 6.07) is 8.33. The number of nitrogens with zero attached hydrogens (tertiary/aromatic N) is 2. The summed E-state index contributed by atoms with van der Waals surface area (Å²) < 4.78 is 0. The molecule has 0 saturated heterocycles. The van der Waals surface area contributed by atoms with Gasteiger partial charge in [-0.2, -0.15) is 0 Å². The molecule has 1 heterocycles. The Morgan fingerprint density at radius 1 is 1.05 bits per heavy atom. The lowest BCUT2D eigenvalue weighted by molar-refractivity contribution is 0.899. The lowest BCUT2D eigenvalue weighted by atomic mass is 10.1. The monoisotopic (exact) mass is 273 g/mol. The van der Waals surface area contributed by atoms with Crippen LogP contribution in [0.2, 0.25) is 0 Å². The van der Waals surface area contributed by atoms with Crippen LogP contribution in [0.4, 0.5) is 5.82 Å². The van der Waals surface area contributed by atoms with Gasteiger partial charge >= 0.3 is 0 Å². The lowest BCUT2D eigenvalue weighted by Gasteiger charge is -2.09.